The number of anilines is 1. The molecule has 3 saturated heterocycles. The minimum Gasteiger partial charge on any atom is -0.451 e. The molecule has 0 radical (unpaired) electrons. The first-order valence-electron chi connectivity index (χ1n) is 17.7. The van der Waals surface area contributed by atoms with Gasteiger partial charge in [-0.15, -0.1) is 0 Å². The number of ether oxygens (including phenoxy) is 2. The normalized spacial score (nSPS) is 23.2. The Morgan fingerprint density at radius 2 is 1.82 bits per heavy atom. The molecule has 14 heteroatoms. The Balaban J connectivity index is 1.03. The quantitative estimate of drug-likeness (QED) is 0.278. The maximum Gasteiger partial charge on any atom is 0.258 e. The topological polar surface area (TPSA) is 133 Å². The molecule has 2 N–H and O–H groups in total. The van der Waals surface area contributed by atoms with Gasteiger partial charge >= 0.3 is 0 Å². The summed E-state index contributed by atoms with van der Waals surface area (Å²) in [5, 5.41) is 11.3. The lowest BCUT2D eigenvalue weighted by atomic mass is 9.72. The highest BCUT2D eigenvalue weighted by Gasteiger charge is 2.47. The van der Waals surface area contributed by atoms with Gasteiger partial charge in [0, 0.05) is 50.1 Å². The zero-order valence-electron chi connectivity index (χ0n) is 30.1. The molecule has 3 aliphatic rings. The van der Waals surface area contributed by atoms with Gasteiger partial charge in [0.25, 0.3) is 5.91 Å². The summed E-state index contributed by atoms with van der Waals surface area (Å²) in [5.41, 5.74) is 0.259. The predicted molar refractivity (Wildman–Crippen MR) is 194 cm³/mol. The molecule has 0 aliphatic carbocycles. The van der Waals surface area contributed by atoms with Gasteiger partial charge in [0.2, 0.25) is 0 Å². The number of likely N-dealkylation sites (tertiary alicyclic amines) is 1. The van der Waals surface area contributed by atoms with E-state index in [1.54, 1.807) is 30.3 Å². The standard InChI is InChI=1S/C37H50FN7O5S/c1-26(2)45(27(3)4)35(46)31-19-28(38)11-12-32(31)50-33-20-40-25-41-34(33)44-22-36(23-44)15-17-43(18-16-36)24-37(47)14-13-29(21-49-37)42-51(48,39-5)30-9-7-6-8-10-30/h6-12,19-20,25-27,29,47H,13-18,21-24H2,1-5H3,(H,39,42,48)/t29-,37-,51?/m1/s1. The molecule has 2 aromatic carbocycles. The Bertz CT molecular complexity index is 1790. The second-order valence-corrected chi connectivity index (χ2v) is 16.7. The zero-order chi connectivity index (χ0) is 36.4. The number of hydrogen-bond donors (Lipinski definition) is 2. The van der Waals surface area contributed by atoms with Crippen molar-refractivity contribution in [3.05, 3.63) is 72.4 Å². The number of piperidine rings is 1. The predicted octanol–water partition coefficient (Wildman–Crippen LogP) is 5.10. The van der Waals surface area contributed by atoms with Crippen molar-refractivity contribution in [3.63, 3.8) is 0 Å². The molecule has 1 spiro atoms. The van der Waals surface area contributed by atoms with Crippen LogP contribution in [0.2, 0.25) is 0 Å². The molecule has 3 fully saturated rings. The van der Waals surface area contributed by atoms with E-state index in [1.807, 2.05) is 45.9 Å². The molecule has 12 nitrogen and oxygen atoms in total. The van der Waals surface area contributed by atoms with Crippen molar-refractivity contribution in [2.75, 3.05) is 51.3 Å². The van der Waals surface area contributed by atoms with Crippen molar-refractivity contribution < 1.29 is 28.0 Å². The summed E-state index contributed by atoms with van der Waals surface area (Å²) in [4.78, 5) is 29.1. The number of amides is 1. The van der Waals surface area contributed by atoms with E-state index in [1.165, 1.54) is 24.5 Å². The van der Waals surface area contributed by atoms with E-state index < -0.39 is 21.5 Å². The van der Waals surface area contributed by atoms with E-state index in [2.05, 4.69) is 28.9 Å². The summed E-state index contributed by atoms with van der Waals surface area (Å²) in [6, 6.07) is 12.8. The lowest BCUT2D eigenvalue weighted by Gasteiger charge is -2.55. The molecule has 1 aromatic heterocycles. The van der Waals surface area contributed by atoms with E-state index in [-0.39, 0.29) is 47.4 Å². The number of hydrogen-bond acceptors (Lipinski definition) is 10. The van der Waals surface area contributed by atoms with Crippen LogP contribution in [-0.4, -0.2) is 105 Å². The lowest BCUT2D eigenvalue weighted by molar-refractivity contribution is -0.239. The molecule has 6 rings (SSSR count). The number of rotatable bonds is 11. The van der Waals surface area contributed by atoms with Crippen LogP contribution in [-0.2, 0) is 14.7 Å². The van der Waals surface area contributed by atoms with Crippen molar-refractivity contribution in [2.24, 2.45) is 9.78 Å². The first-order valence-corrected chi connectivity index (χ1v) is 19.3. The first-order chi connectivity index (χ1) is 24.3. The van der Waals surface area contributed by atoms with Crippen LogP contribution < -0.4 is 14.4 Å². The molecular formula is C37H50FN7O5S. The third kappa shape index (κ3) is 8.20. The molecule has 4 heterocycles. The molecular weight excluding hydrogens is 674 g/mol. The lowest BCUT2D eigenvalue weighted by Crippen LogP contribution is -2.62. The number of aliphatic hydroxyl groups is 1. The van der Waals surface area contributed by atoms with Gasteiger partial charge < -0.3 is 24.4 Å². The number of carbonyl (C=O) groups is 1. The number of aromatic nitrogens is 2. The largest absolute Gasteiger partial charge is 0.451 e. The van der Waals surface area contributed by atoms with Gasteiger partial charge in [-0.2, -0.15) is 0 Å². The second-order valence-electron chi connectivity index (χ2n) is 14.6. The Morgan fingerprint density at radius 1 is 1.12 bits per heavy atom. The van der Waals surface area contributed by atoms with Crippen LogP contribution in [0.15, 0.2) is 70.3 Å². The fourth-order valence-electron chi connectivity index (χ4n) is 7.55. The summed E-state index contributed by atoms with van der Waals surface area (Å²) in [6.45, 7) is 11.6. The molecule has 3 aromatic rings. The summed E-state index contributed by atoms with van der Waals surface area (Å²) in [5.74, 6) is -0.792. The minimum absolute atomic E-state index is 0.0791. The van der Waals surface area contributed by atoms with Crippen molar-refractivity contribution in [1.29, 1.82) is 0 Å². The molecule has 3 atom stereocenters. The second kappa shape index (κ2) is 15.1. The Hall–Kier alpha value is -3.69. The third-order valence-corrected chi connectivity index (χ3v) is 12.3. The van der Waals surface area contributed by atoms with Gasteiger partial charge in [-0.1, -0.05) is 18.2 Å². The van der Waals surface area contributed by atoms with Gasteiger partial charge in [0.15, 0.2) is 17.4 Å². The third-order valence-electron chi connectivity index (χ3n) is 10.2. The molecule has 276 valence electrons. The summed E-state index contributed by atoms with van der Waals surface area (Å²) in [6.07, 6.45) is 6.02. The highest BCUT2D eigenvalue weighted by atomic mass is 32.2. The zero-order valence-corrected chi connectivity index (χ0v) is 30.9. The Kier molecular flexibility index (Phi) is 11.0. The fraction of sp³-hybridized carbons (Fsp3) is 0.541. The number of carbonyl (C=O) groups excluding carboxylic acids is 1. The van der Waals surface area contributed by atoms with E-state index in [4.69, 9.17) is 9.47 Å². The molecule has 0 bridgehead atoms. The molecule has 0 saturated carbocycles. The van der Waals surface area contributed by atoms with Crippen molar-refractivity contribution in [2.45, 2.75) is 82.2 Å². The maximum atomic E-state index is 14.4. The van der Waals surface area contributed by atoms with Crippen LogP contribution in [0.4, 0.5) is 10.2 Å². The van der Waals surface area contributed by atoms with Crippen LogP contribution in [0.5, 0.6) is 11.5 Å². The maximum absolute atomic E-state index is 14.4. The number of β-amino-alcohol motifs (C(OH)–C–C–N with tert-alkyl or cyclic N) is 1. The molecule has 51 heavy (non-hydrogen) atoms. The van der Waals surface area contributed by atoms with Gasteiger partial charge in [-0.05, 0) is 90.4 Å². The van der Waals surface area contributed by atoms with Gasteiger partial charge in [0.05, 0.1) is 29.8 Å². The van der Waals surface area contributed by atoms with Crippen molar-refractivity contribution in [1.82, 2.24) is 24.5 Å². The number of nitrogens with one attached hydrogen (secondary N) is 1. The van der Waals surface area contributed by atoms with E-state index in [9.17, 15) is 18.5 Å². The Labute approximate surface area is 300 Å². The smallest absolute Gasteiger partial charge is 0.258 e. The van der Waals surface area contributed by atoms with Gasteiger partial charge in [-0.25, -0.2) is 27.7 Å². The van der Waals surface area contributed by atoms with Crippen LogP contribution in [0, 0.1) is 11.2 Å². The average Bonchev–Trinajstić information content (AvgIpc) is 3.10. The number of nitrogens with zero attached hydrogens (tertiary/aromatic N) is 6. The summed E-state index contributed by atoms with van der Waals surface area (Å²) in [7, 11) is -1.23. The molecule has 1 unspecified atom stereocenters. The van der Waals surface area contributed by atoms with Gasteiger partial charge in [-0.3, -0.25) is 9.69 Å². The van der Waals surface area contributed by atoms with Crippen LogP contribution in [0.3, 0.4) is 0 Å². The SMILES string of the molecule is CN=S(=O)(N[C@@H]1CC[C@](O)(CN2CCC3(CC2)CN(c2ncncc2Oc2ccc(F)cc2C(=O)N(C(C)C)C(C)C)C3)OC1)c1ccccc1. The summed E-state index contributed by atoms with van der Waals surface area (Å²) >= 11 is 0. The van der Waals surface area contributed by atoms with Gasteiger partial charge in [0.1, 0.15) is 27.8 Å². The van der Waals surface area contributed by atoms with Crippen LogP contribution >= 0.6 is 0 Å². The van der Waals surface area contributed by atoms with Crippen molar-refractivity contribution >= 4 is 21.6 Å². The molecule has 1 amide bonds. The highest BCUT2D eigenvalue weighted by Crippen LogP contribution is 2.45. The number of halogens is 1. The van der Waals surface area contributed by atoms with E-state index in [0.717, 1.165) is 39.0 Å². The van der Waals surface area contributed by atoms with E-state index >= 15 is 0 Å². The first kappa shape index (κ1) is 37.1. The van der Waals surface area contributed by atoms with Crippen LogP contribution in [0.1, 0.15) is 63.7 Å². The average molecular weight is 724 g/mol. The van der Waals surface area contributed by atoms with Crippen LogP contribution in [0.25, 0.3) is 0 Å². The van der Waals surface area contributed by atoms with Crippen molar-refractivity contribution in [3.8, 4) is 11.5 Å². The fourth-order valence-corrected chi connectivity index (χ4v) is 9.17. The number of benzene rings is 2. The minimum atomic E-state index is -2.78. The Morgan fingerprint density at radius 3 is 2.45 bits per heavy atom. The highest BCUT2D eigenvalue weighted by molar-refractivity contribution is 7.91. The van der Waals surface area contributed by atoms with E-state index in [0.29, 0.717) is 35.8 Å². The summed E-state index contributed by atoms with van der Waals surface area (Å²) < 4.78 is 47.5. The monoisotopic (exact) mass is 723 g/mol. The molecule has 3 aliphatic heterocycles.